The third kappa shape index (κ3) is 6.45. The van der Waals surface area contributed by atoms with Gasteiger partial charge in [-0.3, -0.25) is 4.79 Å². The van der Waals surface area contributed by atoms with E-state index in [4.69, 9.17) is 16.3 Å². The Bertz CT molecular complexity index is 509. The summed E-state index contributed by atoms with van der Waals surface area (Å²) in [5, 5.41) is 3.29. The fourth-order valence-corrected chi connectivity index (χ4v) is 1.92. The Morgan fingerprint density at radius 1 is 1.29 bits per heavy atom. The molecule has 0 fully saturated rings. The molecule has 114 valence electrons. The molecule has 0 aliphatic rings. The van der Waals surface area contributed by atoms with E-state index in [0.29, 0.717) is 11.4 Å². The van der Waals surface area contributed by atoms with Crippen molar-refractivity contribution in [1.29, 1.82) is 0 Å². The lowest BCUT2D eigenvalue weighted by atomic mass is 10.0. The SMILES string of the molecule is COC(=O)[C@H](CC(C)C)NC(=O)/C=C/c1ccc(Cl)cc1. The molecule has 0 aromatic heterocycles. The highest BCUT2D eigenvalue weighted by atomic mass is 35.5. The van der Waals surface area contributed by atoms with E-state index in [0.717, 1.165) is 5.56 Å². The number of methoxy groups -OCH3 is 1. The summed E-state index contributed by atoms with van der Waals surface area (Å²) in [6.07, 6.45) is 3.59. The molecule has 1 N–H and O–H groups in total. The van der Waals surface area contributed by atoms with E-state index in [1.807, 2.05) is 13.8 Å². The fraction of sp³-hybridized carbons (Fsp3) is 0.375. The zero-order valence-corrected chi connectivity index (χ0v) is 13.2. The summed E-state index contributed by atoms with van der Waals surface area (Å²) in [4.78, 5) is 23.5. The molecule has 1 atom stereocenters. The predicted octanol–water partition coefficient (Wildman–Crippen LogP) is 3.06. The summed E-state index contributed by atoms with van der Waals surface area (Å²) in [6.45, 7) is 3.96. The molecule has 4 nitrogen and oxygen atoms in total. The van der Waals surface area contributed by atoms with Gasteiger partial charge in [0.15, 0.2) is 0 Å². The summed E-state index contributed by atoms with van der Waals surface area (Å²) in [7, 11) is 1.31. The maximum atomic E-state index is 11.9. The third-order valence-corrected chi connectivity index (χ3v) is 3.06. The summed E-state index contributed by atoms with van der Waals surface area (Å²) >= 11 is 5.79. The second kappa shape index (κ2) is 8.47. The lowest BCUT2D eigenvalue weighted by Crippen LogP contribution is -2.41. The molecule has 1 aromatic carbocycles. The van der Waals surface area contributed by atoms with Crippen LogP contribution in [0.3, 0.4) is 0 Å². The average Bonchev–Trinajstić information content (AvgIpc) is 2.44. The van der Waals surface area contributed by atoms with Crippen LogP contribution >= 0.6 is 11.6 Å². The molecule has 1 rings (SSSR count). The van der Waals surface area contributed by atoms with Gasteiger partial charge in [0.1, 0.15) is 6.04 Å². The van der Waals surface area contributed by atoms with E-state index in [2.05, 4.69) is 5.32 Å². The highest BCUT2D eigenvalue weighted by Crippen LogP contribution is 2.11. The molecule has 0 spiro atoms. The Balaban J connectivity index is 2.64. The fourth-order valence-electron chi connectivity index (χ4n) is 1.79. The van der Waals surface area contributed by atoms with Crippen molar-refractivity contribution in [3.63, 3.8) is 0 Å². The molecule has 0 unspecified atom stereocenters. The molecular weight excluding hydrogens is 290 g/mol. The van der Waals surface area contributed by atoms with E-state index in [1.165, 1.54) is 13.2 Å². The molecule has 1 aromatic rings. The van der Waals surface area contributed by atoms with Gasteiger partial charge in [-0.2, -0.15) is 0 Å². The van der Waals surface area contributed by atoms with Gasteiger partial charge in [-0.05, 0) is 36.1 Å². The highest BCUT2D eigenvalue weighted by Gasteiger charge is 2.21. The molecule has 0 saturated heterocycles. The minimum Gasteiger partial charge on any atom is -0.467 e. The quantitative estimate of drug-likeness (QED) is 0.649. The van der Waals surface area contributed by atoms with Crippen LogP contribution in [0, 0.1) is 5.92 Å². The third-order valence-electron chi connectivity index (χ3n) is 2.81. The van der Waals surface area contributed by atoms with Gasteiger partial charge in [0, 0.05) is 11.1 Å². The van der Waals surface area contributed by atoms with Crippen LogP contribution in [0.4, 0.5) is 0 Å². The number of amides is 1. The maximum absolute atomic E-state index is 11.9. The Morgan fingerprint density at radius 2 is 1.90 bits per heavy atom. The molecule has 0 saturated carbocycles. The monoisotopic (exact) mass is 309 g/mol. The smallest absolute Gasteiger partial charge is 0.328 e. The number of hydrogen-bond donors (Lipinski definition) is 1. The number of ether oxygens (including phenoxy) is 1. The van der Waals surface area contributed by atoms with Crippen molar-refractivity contribution < 1.29 is 14.3 Å². The van der Waals surface area contributed by atoms with Crippen LogP contribution in [0.1, 0.15) is 25.8 Å². The molecule has 0 bridgehead atoms. The lowest BCUT2D eigenvalue weighted by molar-refractivity contribution is -0.145. The van der Waals surface area contributed by atoms with Crippen molar-refractivity contribution in [1.82, 2.24) is 5.32 Å². The normalized spacial score (nSPS) is 12.4. The first-order chi connectivity index (χ1) is 9.92. The summed E-state index contributed by atoms with van der Waals surface area (Å²) < 4.78 is 4.70. The lowest BCUT2D eigenvalue weighted by Gasteiger charge is -2.17. The number of carbonyl (C=O) groups is 2. The number of rotatable bonds is 6. The number of benzene rings is 1. The van der Waals surface area contributed by atoms with Crippen molar-refractivity contribution in [2.24, 2.45) is 5.92 Å². The van der Waals surface area contributed by atoms with Gasteiger partial charge in [0.05, 0.1) is 7.11 Å². The Kier molecular flexibility index (Phi) is 6.96. The summed E-state index contributed by atoms with van der Waals surface area (Å²) in [6, 6.07) is 6.47. The van der Waals surface area contributed by atoms with E-state index < -0.39 is 12.0 Å². The van der Waals surface area contributed by atoms with Gasteiger partial charge < -0.3 is 10.1 Å². The average molecular weight is 310 g/mol. The minimum absolute atomic E-state index is 0.273. The van der Waals surface area contributed by atoms with Crippen molar-refractivity contribution in [3.05, 3.63) is 40.9 Å². The molecule has 0 aliphatic heterocycles. The van der Waals surface area contributed by atoms with E-state index in [-0.39, 0.29) is 11.8 Å². The largest absolute Gasteiger partial charge is 0.467 e. The number of nitrogens with one attached hydrogen (secondary N) is 1. The summed E-state index contributed by atoms with van der Waals surface area (Å²) in [5.41, 5.74) is 0.855. The van der Waals surface area contributed by atoms with Gasteiger partial charge in [0.25, 0.3) is 0 Å². The van der Waals surface area contributed by atoms with Crippen molar-refractivity contribution in [2.45, 2.75) is 26.3 Å². The molecule has 0 radical (unpaired) electrons. The highest BCUT2D eigenvalue weighted by molar-refractivity contribution is 6.30. The van der Waals surface area contributed by atoms with E-state index in [1.54, 1.807) is 30.3 Å². The molecular formula is C16H20ClNO3. The van der Waals surface area contributed by atoms with Gasteiger partial charge in [0.2, 0.25) is 5.91 Å². The molecule has 5 heteroatoms. The number of hydrogen-bond acceptors (Lipinski definition) is 3. The van der Waals surface area contributed by atoms with Crippen LogP contribution in [-0.2, 0) is 14.3 Å². The first kappa shape index (κ1) is 17.2. The van der Waals surface area contributed by atoms with Gasteiger partial charge in [-0.1, -0.05) is 37.6 Å². The first-order valence-electron chi connectivity index (χ1n) is 6.74. The second-order valence-electron chi connectivity index (χ2n) is 5.10. The Hall–Kier alpha value is -1.81. The van der Waals surface area contributed by atoms with Crippen LogP contribution in [0.2, 0.25) is 5.02 Å². The zero-order chi connectivity index (χ0) is 15.8. The molecule has 0 aliphatic carbocycles. The standard InChI is InChI=1S/C16H20ClNO3/c1-11(2)10-14(16(20)21-3)18-15(19)9-6-12-4-7-13(17)8-5-12/h4-9,11,14H,10H2,1-3H3,(H,18,19)/b9-6+/t14-/m0/s1. The first-order valence-corrected chi connectivity index (χ1v) is 7.12. The van der Waals surface area contributed by atoms with Gasteiger partial charge >= 0.3 is 5.97 Å². The van der Waals surface area contributed by atoms with Gasteiger partial charge in [-0.25, -0.2) is 4.79 Å². The Labute approximate surface area is 130 Å². The molecule has 1 amide bonds. The Morgan fingerprint density at radius 3 is 2.43 bits per heavy atom. The van der Waals surface area contributed by atoms with Crippen molar-refractivity contribution >= 4 is 29.6 Å². The topological polar surface area (TPSA) is 55.4 Å². The molecule has 0 heterocycles. The zero-order valence-electron chi connectivity index (χ0n) is 12.4. The number of halogens is 1. The number of carbonyl (C=O) groups excluding carboxylic acids is 2. The van der Waals surface area contributed by atoms with Crippen molar-refractivity contribution in [2.75, 3.05) is 7.11 Å². The van der Waals surface area contributed by atoms with E-state index >= 15 is 0 Å². The number of esters is 1. The van der Waals surface area contributed by atoms with Gasteiger partial charge in [-0.15, -0.1) is 0 Å². The maximum Gasteiger partial charge on any atom is 0.328 e. The molecule has 21 heavy (non-hydrogen) atoms. The van der Waals surface area contributed by atoms with Crippen LogP contribution in [0.25, 0.3) is 6.08 Å². The van der Waals surface area contributed by atoms with Crippen LogP contribution in [0.15, 0.2) is 30.3 Å². The van der Waals surface area contributed by atoms with Crippen LogP contribution in [-0.4, -0.2) is 25.0 Å². The minimum atomic E-state index is -0.627. The van der Waals surface area contributed by atoms with Crippen LogP contribution < -0.4 is 5.32 Å². The predicted molar refractivity (Wildman–Crippen MR) is 83.9 cm³/mol. The summed E-state index contributed by atoms with van der Waals surface area (Å²) in [5.74, 6) is -0.493. The second-order valence-corrected chi connectivity index (χ2v) is 5.54. The van der Waals surface area contributed by atoms with Crippen LogP contribution in [0.5, 0.6) is 0 Å². The van der Waals surface area contributed by atoms with Crippen molar-refractivity contribution in [3.8, 4) is 0 Å². The van der Waals surface area contributed by atoms with E-state index in [9.17, 15) is 9.59 Å².